The molecule has 4 nitrogen and oxygen atoms in total. The largest absolute Gasteiger partial charge is 1.00 e. The van der Waals surface area contributed by atoms with Crippen molar-refractivity contribution >= 4 is 11.9 Å². The molecular formula is C11H21KO4. The minimum Gasteiger partial charge on any atom is -0.481 e. The Labute approximate surface area is 140 Å². The number of hydrogen-bond donors (Lipinski definition) is 2. The number of unbranched alkanes of at least 4 members (excludes halogenated alkanes) is 5. The van der Waals surface area contributed by atoms with Gasteiger partial charge in [0.15, 0.2) is 0 Å². The van der Waals surface area contributed by atoms with E-state index in [1.54, 1.807) is 0 Å². The van der Waals surface area contributed by atoms with Gasteiger partial charge in [0.25, 0.3) is 0 Å². The van der Waals surface area contributed by atoms with Gasteiger partial charge in [-0.2, -0.15) is 13.3 Å². The molecule has 0 aliphatic rings. The van der Waals surface area contributed by atoms with Gasteiger partial charge in [-0.1, -0.05) is 32.6 Å². The van der Waals surface area contributed by atoms with E-state index in [1.165, 1.54) is 32.1 Å². The first-order chi connectivity index (χ1) is 7.04. The Balaban J connectivity index is -0.000000200. The van der Waals surface area contributed by atoms with Crippen LogP contribution in [0.4, 0.5) is 0 Å². The van der Waals surface area contributed by atoms with Crippen molar-refractivity contribution in [3.05, 3.63) is 6.42 Å². The Morgan fingerprint density at radius 2 is 1.56 bits per heavy atom. The SMILES string of the molecule is C[CH-]CCCCCC.O=C(O)CC(=O)O.[K+]. The first kappa shape index (κ1) is 21.8. The Morgan fingerprint density at radius 1 is 1.06 bits per heavy atom. The number of carbonyl (C=O) groups is 2. The molecule has 0 fully saturated rings. The predicted octanol–water partition coefficient (Wildman–Crippen LogP) is -0.269. The van der Waals surface area contributed by atoms with Crippen molar-refractivity contribution in [2.45, 2.75) is 52.4 Å². The average molecular weight is 256 g/mol. The number of hydrogen-bond acceptors (Lipinski definition) is 2. The van der Waals surface area contributed by atoms with Crippen LogP contribution in [0.25, 0.3) is 0 Å². The fourth-order valence-corrected chi connectivity index (χ4v) is 0.905. The van der Waals surface area contributed by atoms with Gasteiger partial charge >= 0.3 is 63.3 Å². The van der Waals surface area contributed by atoms with Crippen LogP contribution in [0, 0.1) is 6.42 Å². The summed E-state index contributed by atoms with van der Waals surface area (Å²) in [4.78, 5) is 18.9. The van der Waals surface area contributed by atoms with Crippen molar-refractivity contribution in [3.8, 4) is 0 Å². The fourth-order valence-electron chi connectivity index (χ4n) is 0.905. The van der Waals surface area contributed by atoms with Crippen LogP contribution in [0.5, 0.6) is 0 Å². The van der Waals surface area contributed by atoms with Crippen molar-refractivity contribution in [3.63, 3.8) is 0 Å². The van der Waals surface area contributed by atoms with Crippen molar-refractivity contribution in [2.24, 2.45) is 0 Å². The van der Waals surface area contributed by atoms with Crippen molar-refractivity contribution in [2.75, 3.05) is 0 Å². The summed E-state index contributed by atoms with van der Waals surface area (Å²) in [5.41, 5.74) is 0. The van der Waals surface area contributed by atoms with E-state index in [-0.39, 0.29) is 51.4 Å². The fraction of sp³-hybridized carbons (Fsp3) is 0.727. The second-order valence-corrected chi connectivity index (χ2v) is 3.22. The Bertz CT molecular complexity index is 153. The number of carboxylic acids is 2. The van der Waals surface area contributed by atoms with Crippen molar-refractivity contribution in [1.29, 1.82) is 0 Å². The summed E-state index contributed by atoms with van der Waals surface area (Å²) >= 11 is 0. The van der Waals surface area contributed by atoms with Gasteiger partial charge < -0.3 is 16.6 Å². The van der Waals surface area contributed by atoms with E-state index in [0.717, 1.165) is 0 Å². The van der Waals surface area contributed by atoms with E-state index in [2.05, 4.69) is 20.3 Å². The molecule has 0 unspecified atom stereocenters. The van der Waals surface area contributed by atoms with Crippen LogP contribution in [-0.2, 0) is 9.59 Å². The summed E-state index contributed by atoms with van der Waals surface area (Å²) in [6.45, 7) is 4.38. The van der Waals surface area contributed by atoms with Crippen molar-refractivity contribution in [1.82, 2.24) is 0 Å². The maximum Gasteiger partial charge on any atom is 1.00 e. The molecule has 0 radical (unpaired) electrons. The molecule has 0 aromatic heterocycles. The van der Waals surface area contributed by atoms with E-state index >= 15 is 0 Å². The van der Waals surface area contributed by atoms with Gasteiger partial charge in [-0.15, -0.1) is 0 Å². The topological polar surface area (TPSA) is 74.6 Å². The van der Waals surface area contributed by atoms with Crippen LogP contribution in [-0.4, -0.2) is 22.2 Å². The number of rotatable bonds is 7. The zero-order chi connectivity index (χ0) is 12.1. The van der Waals surface area contributed by atoms with Crippen LogP contribution in [0.1, 0.15) is 52.4 Å². The first-order valence-electron chi connectivity index (χ1n) is 5.26. The monoisotopic (exact) mass is 256 g/mol. The summed E-state index contributed by atoms with van der Waals surface area (Å²) in [7, 11) is 0. The molecule has 0 saturated heterocycles. The van der Waals surface area contributed by atoms with Crippen LogP contribution in [0.3, 0.4) is 0 Å². The van der Waals surface area contributed by atoms with E-state index < -0.39 is 18.4 Å². The van der Waals surface area contributed by atoms with Gasteiger partial charge in [0, 0.05) is 0 Å². The van der Waals surface area contributed by atoms with E-state index in [9.17, 15) is 9.59 Å². The molecule has 0 aliphatic heterocycles. The molecule has 90 valence electrons. The molecule has 0 spiro atoms. The quantitative estimate of drug-likeness (QED) is 0.285. The minimum atomic E-state index is -1.31. The Hall–Kier alpha value is 0.576. The zero-order valence-electron chi connectivity index (χ0n) is 10.5. The minimum absolute atomic E-state index is 0. The summed E-state index contributed by atoms with van der Waals surface area (Å²) in [6, 6.07) is 0. The molecule has 2 N–H and O–H groups in total. The Morgan fingerprint density at radius 3 is 1.81 bits per heavy atom. The summed E-state index contributed by atoms with van der Waals surface area (Å²) in [5, 5.41) is 15.4. The molecule has 0 rings (SSSR count). The third-order valence-corrected chi connectivity index (χ3v) is 1.65. The molecule has 0 aromatic carbocycles. The summed E-state index contributed by atoms with van der Waals surface area (Å²) in [5.74, 6) is -2.62. The molecule has 0 atom stereocenters. The van der Waals surface area contributed by atoms with Gasteiger partial charge in [0.05, 0.1) is 0 Å². The van der Waals surface area contributed by atoms with Crippen LogP contribution in [0.2, 0.25) is 0 Å². The molecule has 0 aliphatic carbocycles. The average Bonchev–Trinajstić information content (AvgIpc) is 2.11. The summed E-state index contributed by atoms with van der Waals surface area (Å²) < 4.78 is 0. The standard InChI is InChI=1S/C8H17.C3H4O4.K/c1-3-5-7-8-6-4-2;4-2(5)1-3(6)7;/h3H,4-8H2,1-2H3;1H2,(H,4,5)(H,6,7);/q-1;;+1. The van der Waals surface area contributed by atoms with Gasteiger partial charge in [0.2, 0.25) is 0 Å². The first-order valence-corrected chi connectivity index (χ1v) is 5.26. The van der Waals surface area contributed by atoms with Gasteiger partial charge in [-0.3, -0.25) is 9.59 Å². The van der Waals surface area contributed by atoms with Crippen LogP contribution >= 0.6 is 0 Å². The van der Waals surface area contributed by atoms with E-state index in [0.29, 0.717) is 0 Å². The molecule has 5 heteroatoms. The molecule has 0 bridgehead atoms. The molecule has 16 heavy (non-hydrogen) atoms. The van der Waals surface area contributed by atoms with Gasteiger partial charge in [-0.05, 0) is 0 Å². The second-order valence-electron chi connectivity index (χ2n) is 3.22. The number of carboxylic acid groups (broad SMARTS) is 2. The predicted molar refractivity (Wildman–Crippen MR) is 58.6 cm³/mol. The molecule has 0 aromatic rings. The summed E-state index contributed by atoms with van der Waals surface area (Å²) in [6.07, 6.45) is 8.32. The third-order valence-electron chi connectivity index (χ3n) is 1.65. The maximum atomic E-state index is 9.43. The molecule has 0 saturated carbocycles. The van der Waals surface area contributed by atoms with Gasteiger partial charge in [-0.25, -0.2) is 0 Å². The second kappa shape index (κ2) is 18.0. The molecule has 0 amide bonds. The van der Waals surface area contributed by atoms with Crippen molar-refractivity contribution < 1.29 is 71.2 Å². The van der Waals surface area contributed by atoms with E-state index in [4.69, 9.17) is 10.2 Å². The molecule has 0 heterocycles. The zero-order valence-corrected chi connectivity index (χ0v) is 13.7. The van der Waals surface area contributed by atoms with Gasteiger partial charge in [0.1, 0.15) is 6.42 Å². The Kier molecular flexibility index (Phi) is 24.5. The van der Waals surface area contributed by atoms with Crippen LogP contribution < -0.4 is 51.4 Å². The third kappa shape index (κ3) is 29.3. The number of aliphatic carboxylic acids is 2. The van der Waals surface area contributed by atoms with Crippen LogP contribution in [0.15, 0.2) is 0 Å². The maximum absolute atomic E-state index is 9.43. The van der Waals surface area contributed by atoms with E-state index in [1.807, 2.05) is 0 Å². The normalized spacial score (nSPS) is 8.38. The smallest absolute Gasteiger partial charge is 0.481 e. The molecular weight excluding hydrogens is 235 g/mol.